The first-order valence-electron chi connectivity index (χ1n) is 6.64. The fraction of sp³-hybridized carbons (Fsp3) is 0.533. The molecule has 1 aromatic carbocycles. The van der Waals surface area contributed by atoms with Gasteiger partial charge in [-0.2, -0.15) is 0 Å². The van der Waals surface area contributed by atoms with Gasteiger partial charge >= 0.3 is 5.97 Å². The fourth-order valence-electron chi connectivity index (χ4n) is 2.86. The summed E-state index contributed by atoms with van der Waals surface area (Å²) in [5.74, 6) is -1.03. The van der Waals surface area contributed by atoms with Crippen molar-refractivity contribution in [3.63, 3.8) is 0 Å². The van der Waals surface area contributed by atoms with E-state index in [0.717, 1.165) is 13.0 Å². The zero-order chi connectivity index (χ0) is 13.3. The Balaban J connectivity index is 2.30. The zero-order valence-electron chi connectivity index (χ0n) is 11.3. The minimum absolute atomic E-state index is 0.317. The van der Waals surface area contributed by atoms with Gasteiger partial charge in [0.25, 0.3) is 0 Å². The minimum Gasteiger partial charge on any atom is -0.481 e. The molecule has 0 spiro atoms. The molecule has 98 valence electrons. The molecule has 18 heavy (non-hydrogen) atoms. The smallest absolute Gasteiger partial charge is 0.306 e. The predicted octanol–water partition coefficient (Wildman–Crippen LogP) is 2.72. The molecule has 3 nitrogen and oxygen atoms in total. The summed E-state index contributed by atoms with van der Waals surface area (Å²) in [6.07, 6.45) is 1.66. The van der Waals surface area contributed by atoms with Crippen LogP contribution >= 0.6 is 0 Å². The highest BCUT2D eigenvalue weighted by Crippen LogP contribution is 2.35. The quantitative estimate of drug-likeness (QED) is 0.889. The van der Waals surface area contributed by atoms with E-state index in [4.69, 9.17) is 5.11 Å². The van der Waals surface area contributed by atoms with Crippen molar-refractivity contribution in [1.29, 1.82) is 0 Å². The highest BCUT2D eigenvalue weighted by atomic mass is 16.4. The van der Waals surface area contributed by atoms with Crippen LogP contribution in [0.25, 0.3) is 0 Å². The number of rotatable bonds is 4. The number of likely N-dealkylation sites (N-methyl/N-ethyl adjacent to an activating group) is 1. The van der Waals surface area contributed by atoms with Crippen LogP contribution in [-0.2, 0) is 17.6 Å². The van der Waals surface area contributed by atoms with Crippen molar-refractivity contribution in [2.75, 3.05) is 11.4 Å². The van der Waals surface area contributed by atoms with Crippen LogP contribution < -0.4 is 4.90 Å². The number of hydrogen-bond donors (Lipinski definition) is 1. The Labute approximate surface area is 108 Å². The largest absolute Gasteiger partial charge is 0.481 e. The van der Waals surface area contributed by atoms with Crippen molar-refractivity contribution in [2.24, 2.45) is 5.92 Å². The third kappa shape index (κ3) is 2.22. The summed E-state index contributed by atoms with van der Waals surface area (Å²) in [5, 5.41) is 9.03. The first kappa shape index (κ1) is 12.9. The van der Waals surface area contributed by atoms with E-state index < -0.39 is 5.97 Å². The van der Waals surface area contributed by atoms with Gasteiger partial charge in [-0.15, -0.1) is 0 Å². The Bertz CT molecular complexity index is 456. The van der Waals surface area contributed by atoms with Crippen LogP contribution in [0, 0.1) is 5.92 Å². The number of benzene rings is 1. The number of anilines is 1. The molecule has 0 aliphatic carbocycles. The highest BCUT2D eigenvalue weighted by Gasteiger charge is 2.27. The van der Waals surface area contributed by atoms with Crippen LogP contribution in [0.1, 0.15) is 31.9 Å². The maximum atomic E-state index is 11.0. The molecule has 0 bridgehead atoms. The van der Waals surface area contributed by atoms with Crippen LogP contribution in [0.3, 0.4) is 0 Å². The van der Waals surface area contributed by atoms with E-state index in [-0.39, 0.29) is 5.92 Å². The Kier molecular flexibility index (Phi) is 3.60. The molecule has 0 saturated carbocycles. The molecule has 0 amide bonds. The highest BCUT2D eigenvalue weighted by molar-refractivity contribution is 5.70. The molecular formula is C15H21NO2. The van der Waals surface area contributed by atoms with Crippen LogP contribution in [-0.4, -0.2) is 23.7 Å². The zero-order valence-corrected chi connectivity index (χ0v) is 11.3. The standard InChI is InChI=1S/C15H21NO2/c1-4-16-11(3)9-13-12(6-5-7-14(13)16)8-10(2)15(17)18/h5-7,10-11H,4,8-9H2,1-3H3,(H,17,18). The van der Waals surface area contributed by atoms with Gasteiger partial charge in [0.2, 0.25) is 0 Å². The van der Waals surface area contributed by atoms with Gasteiger partial charge in [0, 0.05) is 18.3 Å². The normalized spacial score (nSPS) is 19.7. The van der Waals surface area contributed by atoms with Crippen molar-refractivity contribution >= 4 is 11.7 Å². The van der Waals surface area contributed by atoms with Gasteiger partial charge < -0.3 is 10.0 Å². The van der Waals surface area contributed by atoms with E-state index in [1.54, 1.807) is 6.92 Å². The molecule has 2 rings (SSSR count). The molecule has 2 unspecified atom stereocenters. The lowest BCUT2D eigenvalue weighted by Gasteiger charge is -2.22. The molecule has 1 N–H and O–H groups in total. The lowest BCUT2D eigenvalue weighted by Crippen LogP contribution is -2.28. The second-order valence-electron chi connectivity index (χ2n) is 5.20. The lowest BCUT2D eigenvalue weighted by molar-refractivity contribution is -0.141. The lowest BCUT2D eigenvalue weighted by atomic mass is 9.95. The van der Waals surface area contributed by atoms with Crippen LogP contribution in [0.4, 0.5) is 5.69 Å². The average molecular weight is 247 g/mol. The molecule has 1 aliphatic heterocycles. The Morgan fingerprint density at radius 2 is 2.28 bits per heavy atom. The van der Waals surface area contributed by atoms with E-state index in [1.807, 2.05) is 6.07 Å². The maximum Gasteiger partial charge on any atom is 0.306 e. The summed E-state index contributed by atoms with van der Waals surface area (Å²) in [5.41, 5.74) is 3.84. The van der Waals surface area contributed by atoms with E-state index in [2.05, 4.69) is 30.9 Å². The van der Waals surface area contributed by atoms with Crippen molar-refractivity contribution in [3.05, 3.63) is 29.3 Å². The Morgan fingerprint density at radius 3 is 2.89 bits per heavy atom. The molecule has 2 atom stereocenters. The Morgan fingerprint density at radius 1 is 1.56 bits per heavy atom. The third-order valence-corrected chi connectivity index (χ3v) is 3.88. The van der Waals surface area contributed by atoms with Crippen LogP contribution in [0.2, 0.25) is 0 Å². The number of aliphatic carboxylic acids is 1. The van der Waals surface area contributed by atoms with Gasteiger partial charge in [-0.25, -0.2) is 0 Å². The van der Waals surface area contributed by atoms with Crippen LogP contribution in [0.5, 0.6) is 0 Å². The molecule has 0 fully saturated rings. The number of nitrogens with zero attached hydrogens (tertiary/aromatic N) is 1. The van der Waals surface area contributed by atoms with E-state index in [9.17, 15) is 4.79 Å². The van der Waals surface area contributed by atoms with Gasteiger partial charge in [-0.05, 0) is 43.9 Å². The van der Waals surface area contributed by atoms with Crippen molar-refractivity contribution in [2.45, 2.75) is 39.7 Å². The first-order chi connectivity index (χ1) is 8.54. The first-order valence-corrected chi connectivity index (χ1v) is 6.64. The summed E-state index contributed by atoms with van der Waals surface area (Å²) in [6.45, 7) is 7.18. The maximum absolute atomic E-state index is 11.0. The Hall–Kier alpha value is -1.51. The number of carboxylic acids is 1. The second-order valence-corrected chi connectivity index (χ2v) is 5.20. The van der Waals surface area contributed by atoms with Gasteiger partial charge in [0.05, 0.1) is 5.92 Å². The van der Waals surface area contributed by atoms with E-state index in [1.165, 1.54) is 16.8 Å². The van der Waals surface area contributed by atoms with E-state index >= 15 is 0 Å². The average Bonchev–Trinajstić information content (AvgIpc) is 2.65. The summed E-state index contributed by atoms with van der Waals surface area (Å²) in [4.78, 5) is 13.4. The number of fused-ring (bicyclic) bond motifs is 1. The summed E-state index contributed by atoms with van der Waals surface area (Å²) in [6, 6.07) is 6.79. The monoisotopic (exact) mass is 247 g/mol. The molecule has 0 saturated heterocycles. The fourth-order valence-corrected chi connectivity index (χ4v) is 2.86. The van der Waals surface area contributed by atoms with E-state index in [0.29, 0.717) is 12.5 Å². The number of hydrogen-bond acceptors (Lipinski definition) is 2. The topological polar surface area (TPSA) is 40.5 Å². The second kappa shape index (κ2) is 5.01. The molecular weight excluding hydrogens is 226 g/mol. The number of carbonyl (C=O) groups is 1. The molecule has 1 heterocycles. The van der Waals surface area contributed by atoms with Crippen LogP contribution in [0.15, 0.2) is 18.2 Å². The van der Waals surface area contributed by atoms with Gasteiger partial charge in [0.15, 0.2) is 0 Å². The van der Waals surface area contributed by atoms with Crippen molar-refractivity contribution in [1.82, 2.24) is 0 Å². The van der Waals surface area contributed by atoms with Gasteiger partial charge in [-0.1, -0.05) is 19.1 Å². The summed E-state index contributed by atoms with van der Waals surface area (Å²) >= 11 is 0. The van der Waals surface area contributed by atoms with Crippen molar-refractivity contribution in [3.8, 4) is 0 Å². The molecule has 1 aromatic rings. The summed E-state index contributed by atoms with van der Waals surface area (Å²) < 4.78 is 0. The molecule has 0 aromatic heterocycles. The van der Waals surface area contributed by atoms with Crippen molar-refractivity contribution < 1.29 is 9.90 Å². The summed E-state index contributed by atoms with van der Waals surface area (Å²) in [7, 11) is 0. The van der Waals surface area contributed by atoms with Gasteiger partial charge in [0.1, 0.15) is 0 Å². The molecule has 1 aliphatic rings. The molecule has 0 radical (unpaired) electrons. The third-order valence-electron chi connectivity index (χ3n) is 3.88. The minimum atomic E-state index is -0.717. The molecule has 3 heteroatoms. The SMILES string of the molecule is CCN1c2cccc(CC(C)C(=O)O)c2CC1C. The van der Waals surface area contributed by atoms with Gasteiger partial charge in [-0.3, -0.25) is 4.79 Å². The predicted molar refractivity (Wildman–Crippen MR) is 73.1 cm³/mol. The number of carboxylic acid groups (broad SMARTS) is 1.